The number of fused-ring (bicyclic) bond motifs is 1. The molecule has 0 radical (unpaired) electrons. The van der Waals surface area contributed by atoms with Gasteiger partial charge in [0.25, 0.3) is 5.91 Å². The van der Waals surface area contributed by atoms with Crippen molar-refractivity contribution in [3.63, 3.8) is 0 Å². The molecule has 1 atom stereocenters. The number of benzene rings is 2. The van der Waals surface area contributed by atoms with Gasteiger partial charge in [-0.3, -0.25) is 9.69 Å². The minimum Gasteiger partial charge on any atom is -0.361 e. The van der Waals surface area contributed by atoms with Crippen molar-refractivity contribution in [2.45, 2.75) is 19.5 Å². The molecule has 1 unspecified atom stereocenters. The van der Waals surface area contributed by atoms with E-state index in [1.54, 1.807) is 4.90 Å². The highest BCUT2D eigenvalue weighted by Crippen LogP contribution is 2.35. The van der Waals surface area contributed by atoms with Gasteiger partial charge >= 0.3 is 0 Å². The lowest BCUT2D eigenvalue weighted by atomic mass is 10.0. The number of hydrogen-bond donors (Lipinski definition) is 1. The normalized spacial score (nSPS) is 20.9. The number of rotatable bonds is 2. The SMILES string of the molecule is Cc1ccc(N2C(=O)c3ccccc3NC2(C)CCl)cc1. The van der Waals surface area contributed by atoms with Crippen LogP contribution in [-0.2, 0) is 0 Å². The van der Waals surface area contributed by atoms with Crippen LogP contribution in [0.25, 0.3) is 0 Å². The van der Waals surface area contributed by atoms with Crippen molar-refractivity contribution in [2.24, 2.45) is 0 Å². The highest BCUT2D eigenvalue weighted by Gasteiger charge is 2.41. The lowest BCUT2D eigenvalue weighted by Crippen LogP contribution is -2.60. The van der Waals surface area contributed by atoms with Gasteiger partial charge in [0.15, 0.2) is 0 Å². The molecule has 1 N–H and O–H groups in total. The molecule has 2 aromatic carbocycles. The van der Waals surface area contributed by atoms with E-state index in [1.807, 2.05) is 62.4 Å². The third-order valence-corrected chi connectivity index (χ3v) is 4.33. The van der Waals surface area contributed by atoms with Crippen molar-refractivity contribution in [1.82, 2.24) is 0 Å². The average molecular weight is 301 g/mol. The first-order chi connectivity index (χ1) is 10.0. The summed E-state index contributed by atoms with van der Waals surface area (Å²) in [6, 6.07) is 15.4. The van der Waals surface area contributed by atoms with Crippen molar-refractivity contribution in [3.05, 3.63) is 59.7 Å². The number of anilines is 2. The smallest absolute Gasteiger partial charge is 0.262 e. The number of carbonyl (C=O) groups excluding carboxylic acids is 1. The Morgan fingerprint density at radius 1 is 1.14 bits per heavy atom. The second-order valence-electron chi connectivity index (χ2n) is 5.55. The third kappa shape index (κ3) is 2.28. The van der Waals surface area contributed by atoms with Gasteiger partial charge in [-0.1, -0.05) is 29.8 Å². The number of amides is 1. The van der Waals surface area contributed by atoms with Crippen molar-refractivity contribution in [2.75, 3.05) is 16.1 Å². The van der Waals surface area contributed by atoms with Gasteiger partial charge in [0.05, 0.1) is 11.4 Å². The van der Waals surface area contributed by atoms with Crippen molar-refractivity contribution < 1.29 is 4.79 Å². The first-order valence-corrected chi connectivity index (χ1v) is 7.43. The standard InChI is InChI=1S/C17H17ClN2O/c1-12-7-9-13(10-8-12)20-16(21)14-5-3-4-6-15(14)19-17(20,2)11-18/h3-10,19H,11H2,1-2H3. The van der Waals surface area contributed by atoms with Crippen LogP contribution in [-0.4, -0.2) is 17.5 Å². The Hall–Kier alpha value is -2.00. The van der Waals surface area contributed by atoms with Crippen LogP contribution in [0.15, 0.2) is 48.5 Å². The summed E-state index contributed by atoms with van der Waals surface area (Å²) in [6.45, 7) is 3.96. The van der Waals surface area contributed by atoms with Crippen molar-refractivity contribution in [1.29, 1.82) is 0 Å². The molecule has 0 fully saturated rings. The molecule has 108 valence electrons. The number of alkyl halides is 1. The van der Waals surface area contributed by atoms with Crippen LogP contribution in [0.2, 0.25) is 0 Å². The van der Waals surface area contributed by atoms with Gasteiger partial charge in [-0.2, -0.15) is 0 Å². The molecule has 1 amide bonds. The molecule has 2 aromatic rings. The molecular formula is C17H17ClN2O. The van der Waals surface area contributed by atoms with Crippen LogP contribution < -0.4 is 10.2 Å². The summed E-state index contributed by atoms with van der Waals surface area (Å²) in [5, 5.41) is 3.39. The Kier molecular flexibility index (Phi) is 3.38. The topological polar surface area (TPSA) is 32.3 Å². The van der Waals surface area contributed by atoms with Crippen LogP contribution in [0.5, 0.6) is 0 Å². The fourth-order valence-electron chi connectivity index (χ4n) is 2.66. The number of hydrogen-bond acceptors (Lipinski definition) is 2. The lowest BCUT2D eigenvalue weighted by molar-refractivity contribution is 0.0962. The van der Waals surface area contributed by atoms with Gasteiger partial charge in [-0.15, -0.1) is 11.6 Å². The molecule has 3 rings (SSSR count). The summed E-state index contributed by atoms with van der Waals surface area (Å²) >= 11 is 6.17. The second-order valence-corrected chi connectivity index (χ2v) is 5.82. The fourth-order valence-corrected chi connectivity index (χ4v) is 2.84. The Morgan fingerprint density at radius 3 is 2.48 bits per heavy atom. The van der Waals surface area contributed by atoms with E-state index in [1.165, 1.54) is 0 Å². The molecule has 21 heavy (non-hydrogen) atoms. The molecule has 0 bridgehead atoms. The molecule has 0 aromatic heterocycles. The van der Waals surface area contributed by atoms with E-state index >= 15 is 0 Å². The summed E-state index contributed by atoms with van der Waals surface area (Å²) < 4.78 is 0. The minimum atomic E-state index is -0.651. The molecule has 4 heteroatoms. The van der Waals surface area contributed by atoms with Gasteiger partial charge in [-0.25, -0.2) is 0 Å². The van der Waals surface area contributed by atoms with Crippen LogP contribution in [0.3, 0.4) is 0 Å². The monoisotopic (exact) mass is 300 g/mol. The Labute approximate surface area is 129 Å². The third-order valence-electron chi connectivity index (χ3n) is 3.81. The number of para-hydroxylation sites is 1. The molecular weight excluding hydrogens is 284 g/mol. The molecule has 1 aliphatic rings. The highest BCUT2D eigenvalue weighted by atomic mass is 35.5. The molecule has 0 aliphatic carbocycles. The van der Waals surface area contributed by atoms with Crippen molar-refractivity contribution in [3.8, 4) is 0 Å². The van der Waals surface area contributed by atoms with E-state index < -0.39 is 5.66 Å². The number of halogens is 1. The van der Waals surface area contributed by atoms with Gasteiger partial charge in [0.1, 0.15) is 5.66 Å². The number of nitrogens with zero attached hydrogens (tertiary/aromatic N) is 1. The van der Waals surface area contributed by atoms with Crippen LogP contribution >= 0.6 is 11.6 Å². The highest BCUT2D eigenvalue weighted by molar-refractivity contribution is 6.21. The van der Waals surface area contributed by atoms with Gasteiger partial charge in [0.2, 0.25) is 0 Å². The predicted molar refractivity (Wildman–Crippen MR) is 87.2 cm³/mol. The summed E-state index contributed by atoms with van der Waals surface area (Å²) in [7, 11) is 0. The van der Waals surface area contributed by atoms with Crippen molar-refractivity contribution >= 4 is 28.9 Å². The summed E-state index contributed by atoms with van der Waals surface area (Å²) in [5.41, 5.74) is 2.84. The summed E-state index contributed by atoms with van der Waals surface area (Å²) in [6.07, 6.45) is 0. The van der Waals surface area contributed by atoms with Gasteiger partial charge in [-0.05, 0) is 38.1 Å². The van der Waals surface area contributed by atoms with E-state index in [0.717, 1.165) is 16.9 Å². The number of carbonyl (C=O) groups is 1. The quantitative estimate of drug-likeness (QED) is 0.850. The first-order valence-electron chi connectivity index (χ1n) is 6.89. The van der Waals surface area contributed by atoms with E-state index in [9.17, 15) is 4.79 Å². The zero-order valence-corrected chi connectivity index (χ0v) is 12.8. The van der Waals surface area contributed by atoms with E-state index in [-0.39, 0.29) is 5.91 Å². The van der Waals surface area contributed by atoms with E-state index in [2.05, 4.69) is 5.32 Å². The van der Waals surface area contributed by atoms with Crippen LogP contribution in [0.4, 0.5) is 11.4 Å². The molecule has 0 saturated heterocycles. The Bertz CT molecular complexity index is 683. The zero-order valence-electron chi connectivity index (χ0n) is 12.1. The molecule has 3 nitrogen and oxygen atoms in total. The predicted octanol–water partition coefficient (Wildman–Crippen LogP) is 4.02. The number of aryl methyl sites for hydroxylation is 1. The van der Waals surface area contributed by atoms with E-state index in [4.69, 9.17) is 11.6 Å². The van der Waals surface area contributed by atoms with Gasteiger partial charge < -0.3 is 5.32 Å². The van der Waals surface area contributed by atoms with Crippen LogP contribution in [0, 0.1) is 6.92 Å². The fraction of sp³-hybridized carbons (Fsp3) is 0.235. The van der Waals surface area contributed by atoms with E-state index in [0.29, 0.717) is 11.4 Å². The van der Waals surface area contributed by atoms with Gasteiger partial charge in [0, 0.05) is 11.4 Å². The molecule has 0 spiro atoms. The lowest BCUT2D eigenvalue weighted by Gasteiger charge is -2.45. The Balaban J connectivity index is 2.13. The average Bonchev–Trinajstić information content (AvgIpc) is 2.49. The number of nitrogens with one attached hydrogen (secondary N) is 1. The second kappa shape index (κ2) is 5.08. The van der Waals surface area contributed by atoms with Crippen LogP contribution in [0.1, 0.15) is 22.8 Å². The zero-order chi connectivity index (χ0) is 15.0. The maximum Gasteiger partial charge on any atom is 0.262 e. The summed E-state index contributed by atoms with van der Waals surface area (Å²) in [4.78, 5) is 14.6. The Morgan fingerprint density at radius 2 is 1.81 bits per heavy atom. The largest absolute Gasteiger partial charge is 0.361 e. The molecule has 1 heterocycles. The minimum absolute atomic E-state index is 0.0312. The first kappa shape index (κ1) is 14.0. The summed E-state index contributed by atoms with van der Waals surface area (Å²) in [5.74, 6) is 0.261. The maximum atomic E-state index is 12.9. The maximum absolute atomic E-state index is 12.9. The molecule has 1 aliphatic heterocycles. The molecule has 0 saturated carbocycles.